The van der Waals surface area contributed by atoms with Crippen LogP contribution in [0, 0.1) is 0 Å². The van der Waals surface area contributed by atoms with Crippen LogP contribution in [0.1, 0.15) is 59.8 Å². The van der Waals surface area contributed by atoms with Gasteiger partial charge < -0.3 is 24.8 Å². The number of benzene rings is 2. The molecule has 2 aromatic carbocycles. The zero-order valence-electron chi connectivity index (χ0n) is 18.0. The van der Waals surface area contributed by atoms with Crippen LogP contribution in [0.15, 0.2) is 48.0 Å². The third kappa shape index (κ3) is 6.91. The van der Waals surface area contributed by atoms with Gasteiger partial charge in [-0.05, 0) is 0 Å². The zero-order chi connectivity index (χ0) is 19.2. The van der Waals surface area contributed by atoms with Gasteiger partial charge in [-0.3, -0.25) is 0 Å². The molecule has 1 aliphatic carbocycles. The number of unbranched alkanes of at least 4 members (excludes halogenated alkanes) is 1. The second-order valence-corrected chi connectivity index (χ2v) is 13.9. The van der Waals surface area contributed by atoms with E-state index in [0.717, 1.165) is 0 Å². The summed E-state index contributed by atoms with van der Waals surface area (Å²) in [6, 6.07) is 16.1. The van der Waals surface area contributed by atoms with Gasteiger partial charge in [0.2, 0.25) is 0 Å². The van der Waals surface area contributed by atoms with Crippen molar-refractivity contribution in [2.75, 3.05) is 0 Å². The van der Waals surface area contributed by atoms with E-state index < -0.39 is 32.7 Å². The van der Waals surface area contributed by atoms with Crippen LogP contribution >= 0.6 is 0 Å². The number of hydrogen-bond donors (Lipinski definition) is 0. The summed E-state index contributed by atoms with van der Waals surface area (Å²) >= 11 is -0.876. The van der Waals surface area contributed by atoms with Crippen molar-refractivity contribution < 1.29 is 51.0 Å². The van der Waals surface area contributed by atoms with Gasteiger partial charge in [0.1, 0.15) is 0 Å². The largest absolute Gasteiger partial charge is 1.00 e. The summed E-state index contributed by atoms with van der Waals surface area (Å²) in [6.45, 7) is 9.15. The second-order valence-electron chi connectivity index (χ2n) is 7.80. The molecule has 0 aromatic heterocycles. The molecule has 29 heavy (non-hydrogen) atoms. The molecule has 0 saturated carbocycles. The minimum Gasteiger partial charge on any atom is -1.00 e. The Labute approximate surface area is 203 Å². The first kappa shape index (κ1) is 26.9. The van der Waals surface area contributed by atoms with Gasteiger partial charge in [0, 0.05) is 0 Å². The van der Waals surface area contributed by atoms with E-state index in [4.69, 9.17) is 2.50 Å². The molecule has 1 aliphatic rings. The molecular weight excluding hydrogens is 494 g/mol. The minimum atomic E-state index is -0.932. The first-order valence-electron chi connectivity index (χ1n) is 10.5. The molecule has 0 heterocycles. The Morgan fingerprint density at radius 1 is 0.931 bits per heavy atom. The average molecular weight is 527 g/mol. The summed E-state index contributed by atoms with van der Waals surface area (Å²) in [5, 5.41) is 0. The second kappa shape index (κ2) is 13.3. The van der Waals surface area contributed by atoms with Gasteiger partial charge in [-0.1, -0.05) is 0 Å². The smallest absolute Gasteiger partial charge is 1.00 e. The molecule has 0 saturated heterocycles. The van der Waals surface area contributed by atoms with Crippen LogP contribution < -0.4 is 24.8 Å². The Bertz CT molecular complexity index is 790. The fourth-order valence-electron chi connectivity index (χ4n) is 3.80. The first-order chi connectivity index (χ1) is 13.1. The summed E-state index contributed by atoms with van der Waals surface area (Å²) in [7, 11) is -0.932. The SMILES string of the molecule is CCCCC1=Cc2c(-c3ccc(CCC)cc3)cccc2[CH]1[Zr+2][O][SiH](C)C.[Cl-].[Cl-]. The molecule has 0 amide bonds. The maximum Gasteiger partial charge on any atom is -1.00 e. The van der Waals surface area contributed by atoms with E-state index in [1.807, 2.05) is 0 Å². The maximum atomic E-state index is 6.35. The molecule has 2 aromatic rings. The van der Waals surface area contributed by atoms with Gasteiger partial charge in [0.15, 0.2) is 0 Å². The van der Waals surface area contributed by atoms with Crippen LogP contribution in [0.3, 0.4) is 0 Å². The van der Waals surface area contributed by atoms with Crippen molar-refractivity contribution >= 4 is 15.1 Å². The molecule has 1 unspecified atom stereocenters. The van der Waals surface area contributed by atoms with Gasteiger partial charge >= 0.3 is 180 Å². The van der Waals surface area contributed by atoms with E-state index in [1.54, 1.807) is 5.57 Å². The Balaban J connectivity index is 0.00000210. The summed E-state index contributed by atoms with van der Waals surface area (Å²) in [5.41, 5.74) is 8.83. The van der Waals surface area contributed by atoms with Crippen LogP contribution in [0.5, 0.6) is 0 Å². The van der Waals surface area contributed by atoms with Crippen LogP contribution in [0.25, 0.3) is 17.2 Å². The van der Waals surface area contributed by atoms with Gasteiger partial charge in [-0.25, -0.2) is 0 Å². The molecule has 5 heteroatoms. The van der Waals surface area contributed by atoms with Gasteiger partial charge in [-0.2, -0.15) is 0 Å². The molecule has 3 rings (SSSR count). The molecule has 1 atom stereocenters. The molecule has 1 nitrogen and oxygen atoms in total. The van der Waals surface area contributed by atoms with E-state index >= 15 is 0 Å². The molecule has 0 radical (unpaired) electrons. The van der Waals surface area contributed by atoms with Gasteiger partial charge in [0.25, 0.3) is 0 Å². The van der Waals surface area contributed by atoms with Crippen molar-refractivity contribution in [2.24, 2.45) is 0 Å². The van der Waals surface area contributed by atoms with E-state index in [1.165, 1.54) is 59.9 Å². The van der Waals surface area contributed by atoms with Crippen LogP contribution in [0.4, 0.5) is 0 Å². The van der Waals surface area contributed by atoms with E-state index in [9.17, 15) is 0 Å². The maximum absolute atomic E-state index is 6.35. The molecule has 0 aliphatic heterocycles. The summed E-state index contributed by atoms with van der Waals surface area (Å²) in [6.07, 6.45) is 8.66. The fraction of sp³-hybridized carbons (Fsp3) is 0.417. The standard InChI is InChI=1S/C22H25.C2H7OSi.2ClH.Zr/c1-3-5-8-18-15-20-9-6-10-21(22(20)16-18)19-13-11-17(7-4-2)12-14-19;1-4(2)3;;;/h6,9-16H,3-5,7-8H2,1-2H3;4H,1-2H3;2*1H;/q;-1;;;+3/p-2. The average Bonchev–Trinajstić information content (AvgIpc) is 3.03. The molecule has 0 fully saturated rings. The topological polar surface area (TPSA) is 9.23 Å². The van der Waals surface area contributed by atoms with Crippen LogP contribution in [-0.2, 0) is 32.6 Å². The van der Waals surface area contributed by atoms with E-state index in [2.05, 4.69) is 75.5 Å². The van der Waals surface area contributed by atoms with Crippen molar-refractivity contribution in [3.05, 3.63) is 64.7 Å². The molecule has 156 valence electrons. The summed E-state index contributed by atoms with van der Waals surface area (Å²) < 4.78 is 6.96. The number of hydrogen-bond acceptors (Lipinski definition) is 1. The van der Waals surface area contributed by atoms with Crippen LogP contribution in [0.2, 0.25) is 13.1 Å². The third-order valence-corrected chi connectivity index (χ3v) is 12.5. The molecular formula is C24H32Cl2OSiZr. The number of fused-ring (bicyclic) bond motifs is 1. The predicted octanol–water partition coefficient (Wildman–Crippen LogP) is 0.940. The molecule has 0 spiro atoms. The Morgan fingerprint density at radius 2 is 1.66 bits per heavy atom. The first-order valence-corrected chi connectivity index (χ1v) is 15.7. The van der Waals surface area contributed by atoms with Crippen molar-refractivity contribution in [3.8, 4) is 11.1 Å². The number of allylic oxidation sites excluding steroid dienone is 1. The van der Waals surface area contributed by atoms with E-state index in [-0.39, 0.29) is 24.8 Å². The van der Waals surface area contributed by atoms with Crippen molar-refractivity contribution in [3.63, 3.8) is 0 Å². The summed E-state index contributed by atoms with van der Waals surface area (Å²) in [5.74, 6) is 0. The van der Waals surface area contributed by atoms with Crippen molar-refractivity contribution in [2.45, 2.75) is 62.7 Å². The predicted molar refractivity (Wildman–Crippen MR) is 116 cm³/mol. The quantitative estimate of drug-likeness (QED) is 0.442. The Morgan fingerprint density at radius 3 is 2.28 bits per heavy atom. The van der Waals surface area contributed by atoms with Crippen molar-refractivity contribution in [1.29, 1.82) is 0 Å². The minimum absolute atomic E-state index is 0. The normalized spacial score (nSPS) is 14.5. The van der Waals surface area contributed by atoms with Gasteiger partial charge in [-0.15, -0.1) is 0 Å². The van der Waals surface area contributed by atoms with E-state index in [0.29, 0.717) is 3.63 Å². The van der Waals surface area contributed by atoms with Crippen molar-refractivity contribution in [1.82, 2.24) is 0 Å². The van der Waals surface area contributed by atoms with Crippen LogP contribution in [-0.4, -0.2) is 9.04 Å². The third-order valence-electron chi connectivity index (χ3n) is 5.20. The molecule has 0 N–H and O–H groups in total. The number of aryl methyl sites for hydroxylation is 1. The number of rotatable bonds is 9. The Kier molecular flexibility index (Phi) is 12.3. The number of halogens is 2. The monoisotopic (exact) mass is 524 g/mol. The zero-order valence-corrected chi connectivity index (χ0v) is 23.1. The Hall–Kier alpha value is -0.180. The molecule has 0 bridgehead atoms. The summed E-state index contributed by atoms with van der Waals surface area (Å²) in [4.78, 5) is 0. The van der Waals surface area contributed by atoms with Gasteiger partial charge in [0.05, 0.1) is 0 Å². The fourth-order valence-corrected chi connectivity index (χ4v) is 9.08.